The van der Waals surface area contributed by atoms with E-state index in [-0.39, 0.29) is 0 Å². The van der Waals surface area contributed by atoms with Crippen LogP contribution in [0.3, 0.4) is 0 Å². The van der Waals surface area contributed by atoms with Crippen molar-refractivity contribution in [2.75, 3.05) is 19.6 Å². The summed E-state index contributed by atoms with van der Waals surface area (Å²) in [6.07, 6.45) is 4.57. The number of nitrogens with one attached hydrogen (secondary N) is 1. The zero-order valence-corrected chi connectivity index (χ0v) is 12.8. The minimum absolute atomic E-state index is 0.425. The molecule has 1 aliphatic rings. The topological polar surface area (TPSA) is 33.1 Å². The number of aryl methyl sites for hydroxylation is 1. The SMILES string of the molecule is CC(C)N(CC1CCCNC1)C(C)c1ccnn1C. The number of aromatic nitrogens is 2. The average Bonchev–Trinajstić information content (AvgIpc) is 2.82. The van der Waals surface area contributed by atoms with Gasteiger partial charge in [0.15, 0.2) is 0 Å². The molecule has 0 amide bonds. The minimum atomic E-state index is 0.425. The van der Waals surface area contributed by atoms with Crippen molar-refractivity contribution in [3.8, 4) is 0 Å². The first-order valence-electron chi connectivity index (χ1n) is 7.54. The van der Waals surface area contributed by atoms with Gasteiger partial charge in [0.25, 0.3) is 0 Å². The molecule has 0 radical (unpaired) electrons. The third-order valence-corrected chi connectivity index (χ3v) is 4.32. The lowest BCUT2D eigenvalue weighted by Crippen LogP contribution is -2.42. The van der Waals surface area contributed by atoms with E-state index in [1.807, 2.05) is 17.9 Å². The summed E-state index contributed by atoms with van der Waals surface area (Å²) in [6.45, 7) is 10.4. The van der Waals surface area contributed by atoms with Gasteiger partial charge in [0, 0.05) is 31.9 Å². The van der Waals surface area contributed by atoms with E-state index in [0.29, 0.717) is 12.1 Å². The van der Waals surface area contributed by atoms with Gasteiger partial charge < -0.3 is 5.32 Å². The van der Waals surface area contributed by atoms with E-state index in [1.54, 1.807) is 0 Å². The van der Waals surface area contributed by atoms with Crippen molar-refractivity contribution in [3.05, 3.63) is 18.0 Å². The first-order chi connectivity index (χ1) is 9.09. The Hall–Kier alpha value is -0.870. The van der Waals surface area contributed by atoms with Crippen LogP contribution in [0.5, 0.6) is 0 Å². The Morgan fingerprint density at radius 1 is 1.47 bits per heavy atom. The third kappa shape index (κ3) is 3.57. The van der Waals surface area contributed by atoms with Gasteiger partial charge in [-0.1, -0.05) is 0 Å². The Bertz CT molecular complexity index is 379. The van der Waals surface area contributed by atoms with E-state index in [9.17, 15) is 0 Å². The summed E-state index contributed by atoms with van der Waals surface area (Å²) >= 11 is 0. The zero-order chi connectivity index (χ0) is 13.8. The van der Waals surface area contributed by atoms with Gasteiger partial charge in [-0.25, -0.2) is 0 Å². The highest BCUT2D eigenvalue weighted by Gasteiger charge is 2.25. The summed E-state index contributed by atoms with van der Waals surface area (Å²) in [4.78, 5) is 2.61. The molecule has 1 fully saturated rings. The second-order valence-corrected chi connectivity index (χ2v) is 6.06. The lowest BCUT2D eigenvalue weighted by molar-refractivity contribution is 0.122. The number of rotatable bonds is 5. The van der Waals surface area contributed by atoms with Crippen LogP contribution in [0.25, 0.3) is 0 Å². The standard InChI is InChI=1S/C15H28N4/c1-12(2)19(11-14-6-5-8-16-10-14)13(3)15-7-9-17-18(15)4/h7,9,12-14,16H,5-6,8,10-11H2,1-4H3. The lowest BCUT2D eigenvalue weighted by Gasteiger charge is -2.37. The molecule has 0 saturated carbocycles. The number of piperidine rings is 1. The van der Waals surface area contributed by atoms with E-state index in [0.717, 1.165) is 5.92 Å². The molecule has 2 unspecified atom stereocenters. The quantitative estimate of drug-likeness (QED) is 0.885. The molecule has 1 aliphatic heterocycles. The monoisotopic (exact) mass is 264 g/mol. The predicted octanol–water partition coefficient (Wildman–Crippen LogP) is 2.19. The largest absolute Gasteiger partial charge is 0.316 e. The summed E-state index contributed by atoms with van der Waals surface area (Å²) in [6, 6.07) is 3.13. The van der Waals surface area contributed by atoms with Gasteiger partial charge in [-0.05, 0) is 58.7 Å². The maximum absolute atomic E-state index is 4.30. The summed E-state index contributed by atoms with van der Waals surface area (Å²) in [5.74, 6) is 0.784. The molecule has 0 aliphatic carbocycles. The highest BCUT2D eigenvalue weighted by molar-refractivity contribution is 5.06. The highest BCUT2D eigenvalue weighted by atomic mass is 15.3. The Kier molecular flexibility index (Phi) is 4.99. The van der Waals surface area contributed by atoms with Gasteiger partial charge in [0.2, 0.25) is 0 Å². The summed E-state index contributed by atoms with van der Waals surface area (Å²) in [5.41, 5.74) is 1.30. The average molecular weight is 264 g/mol. The van der Waals surface area contributed by atoms with Gasteiger partial charge in [-0.3, -0.25) is 9.58 Å². The Morgan fingerprint density at radius 2 is 2.26 bits per heavy atom. The van der Waals surface area contributed by atoms with Crippen molar-refractivity contribution in [2.45, 2.75) is 45.7 Å². The van der Waals surface area contributed by atoms with Crippen LogP contribution in [0.4, 0.5) is 0 Å². The van der Waals surface area contributed by atoms with Crippen LogP contribution >= 0.6 is 0 Å². The van der Waals surface area contributed by atoms with Crippen LogP contribution in [0.1, 0.15) is 45.3 Å². The van der Waals surface area contributed by atoms with Crippen LogP contribution < -0.4 is 5.32 Å². The molecule has 1 aromatic heterocycles. The summed E-state index contributed by atoms with van der Waals surface area (Å²) < 4.78 is 2.00. The molecular formula is C15H28N4. The van der Waals surface area contributed by atoms with Gasteiger partial charge >= 0.3 is 0 Å². The van der Waals surface area contributed by atoms with Crippen LogP contribution in [-0.2, 0) is 7.05 Å². The Morgan fingerprint density at radius 3 is 2.79 bits per heavy atom. The van der Waals surface area contributed by atoms with Crippen molar-refractivity contribution in [2.24, 2.45) is 13.0 Å². The first kappa shape index (κ1) is 14.5. The first-order valence-corrected chi connectivity index (χ1v) is 7.54. The zero-order valence-electron chi connectivity index (χ0n) is 12.8. The van der Waals surface area contributed by atoms with Crippen molar-refractivity contribution in [3.63, 3.8) is 0 Å². The van der Waals surface area contributed by atoms with E-state index < -0.39 is 0 Å². The molecule has 1 aromatic rings. The molecule has 0 spiro atoms. The number of nitrogens with zero attached hydrogens (tertiary/aromatic N) is 3. The molecule has 4 nitrogen and oxygen atoms in total. The molecule has 2 atom stereocenters. The van der Waals surface area contributed by atoms with Gasteiger partial charge in [-0.2, -0.15) is 5.10 Å². The highest BCUT2D eigenvalue weighted by Crippen LogP contribution is 2.24. The normalized spacial score (nSPS) is 22.1. The molecule has 108 valence electrons. The van der Waals surface area contributed by atoms with E-state index in [2.05, 4.69) is 42.2 Å². The number of hydrogen-bond donors (Lipinski definition) is 1. The van der Waals surface area contributed by atoms with Crippen molar-refractivity contribution >= 4 is 0 Å². The van der Waals surface area contributed by atoms with E-state index in [4.69, 9.17) is 0 Å². The fourth-order valence-corrected chi connectivity index (χ4v) is 3.16. The maximum atomic E-state index is 4.30. The van der Waals surface area contributed by atoms with Gasteiger partial charge in [-0.15, -0.1) is 0 Å². The third-order valence-electron chi connectivity index (χ3n) is 4.32. The summed E-state index contributed by atoms with van der Waals surface area (Å²) in [7, 11) is 2.03. The fraction of sp³-hybridized carbons (Fsp3) is 0.800. The Balaban J connectivity index is 2.04. The van der Waals surface area contributed by atoms with Gasteiger partial charge in [0.05, 0.1) is 5.69 Å². The molecule has 4 heteroatoms. The summed E-state index contributed by atoms with van der Waals surface area (Å²) in [5, 5.41) is 7.82. The smallest absolute Gasteiger partial charge is 0.0549 e. The van der Waals surface area contributed by atoms with Crippen LogP contribution in [0.2, 0.25) is 0 Å². The second kappa shape index (κ2) is 6.53. The van der Waals surface area contributed by atoms with Crippen LogP contribution in [0.15, 0.2) is 12.3 Å². The van der Waals surface area contributed by atoms with Gasteiger partial charge in [0.1, 0.15) is 0 Å². The van der Waals surface area contributed by atoms with Crippen molar-refractivity contribution < 1.29 is 0 Å². The molecule has 2 rings (SSSR count). The van der Waals surface area contributed by atoms with Crippen LogP contribution in [-0.4, -0.2) is 40.4 Å². The van der Waals surface area contributed by atoms with Crippen molar-refractivity contribution in [1.82, 2.24) is 20.0 Å². The van der Waals surface area contributed by atoms with E-state index >= 15 is 0 Å². The molecule has 19 heavy (non-hydrogen) atoms. The molecule has 1 saturated heterocycles. The predicted molar refractivity (Wildman–Crippen MR) is 79.1 cm³/mol. The molecular weight excluding hydrogens is 236 g/mol. The Labute approximate surface area is 117 Å². The van der Waals surface area contributed by atoms with Crippen LogP contribution in [0, 0.1) is 5.92 Å². The molecule has 2 heterocycles. The van der Waals surface area contributed by atoms with E-state index in [1.165, 1.54) is 38.2 Å². The van der Waals surface area contributed by atoms with Crippen molar-refractivity contribution in [1.29, 1.82) is 0 Å². The number of hydrogen-bond acceptors (Lipinski definition) is 3. The molecule has 1 N–H and O–H groups in total. The minimum Gasteiger partial charge on any atom is -0.316 e. The fourth-order valence-electron chi connectivity index (χ4n) is 3.16. The lowest BCUT2D eigenvalue weighted by atomic mass is 9.97. The second-order valence-electron chi connectivity index (χ2n) is 6.06. The molecule has 0 bridgehead atoms. The maximum Gasteiger partial charge on any atom is 0.0549 e. The molecule has 0 aromatic carbocycles.